The lowest BCUT2D eigenvalue weighted by Crippen LogP contribution is -2.42. The van der Waals surface area contributed by atoms with Gasteiger partial charge in [-0.15, -0.1) is 0 Å². The van der Waals surface area contributed by atoms with Gasteiger partial charge in [-0.3, -0.25) is 4.72 Å². The number of anilines is 3. The third kappa shape index (κ3) is 7.30. The SMILES string of the molecule is O=S(=O)(Nc1ccc(F)c(F)c1Nc1ccc(I)cc1F)N1CCC(CCNCc2ccc(O)cc2)CC1. The van der Waals surface area contributed by atoms with E-state index < -0.39 is 33.3 Å². The molecule has 0 bridgehead atoms. The van der Waals surface area contributed by atoms with Crippen LogP contribution in [0.25, 0.3) is 0 Å². The van der Waals surface area contributed by atoms with Gasteiger partial charge in [-0.1, -0.05) is 12.1 Å². The fourth-order valence-electron chi connectivity index (χ4n) is 4.28. The smallest absolute Gasteiger partial charge is 0.301 e. The van der Waals surface area contributed by atoms with Crippen molar-refractivity contribution >= 4 is 49.9 Å². The van der Waals surface area contributed by atoms with Crippen LogP contribution in [0.1, 0.15) is 24.8 Å². The molecular formula is C26H28F3IN4O3S. The van der Waals surface area contributed by atoms with E-state index in [1.165, 1.54) is 16.4 Å². The van der Waals surface area contributed by atoms with Gasteiger partial charge in [0, 0.05) is 23.2 Å². The van der Waals surface area contributed by atoms with E-state index in [2.05, 4.69) is 15.4 Å². The highest BCUT2D eigenvalue weighted by molar-refractivity contribution is 14.1. The lowest BCUT2D eigenvalue weighted by atomic mass is 9.95. The largest absolute Gasteiger partial charge is 0.508 e. The van der Waals surface area contributed by atoms with E-state index in [1.807, 2.05) is 34.7 Å². The summed E-state index contributed by atoms with van der Waals surface area (Å²) in [5.41, 5.74) is 0.228. The lowest BCUT2D eigenvalue weighted by molar-refractivity contribution is 0.263. The lowest BCUT2D eigenvalue weighted by Gasteiger charge is -2.31. The summed E-state index contributed by atoms with van der Waals surface area (Å²) in [4.78, 5) is 0. The first-order valence-electron chi connectivity index (χ1n) is 12.1. The second-order valence-corrected chi connectivity index (χ2v) is 12.0. The Morgan fingerprint density at radius 3 is 2.32 bits per heavy atom. The molecule has 4 rings (SSSR count). The van der Waals surface area contributed by atoms with Gasteiger partial charge in [0.15, 0.2) is 11.6 Å². The van der Waals surface area contributed by atoms with Gasteiger partial charge >= 0.3 is 10.2 Å². The van der Waals surface area contributed by atoms with Gasteiger partial charge in [0.2, 0.25) is 0 Å². The molecule has 0 saturated carbocycles. The average Bonchev–Trinajstić information content (AvgIpc) is 2.89. The number of benzene rings is 3. The summed E-state index contributed by atoms with van der Waals surface area (Å²) < 4.78 is 73.4. The topological polar surface area (TPSA) is 93.7 Å². The summed E-state index contributed by atoms with van der Waals surface area (Å²) in [5, 5.41) is 15.2. The van der Waals surface area contributed by atoms with Crippen molar-refractivity contribution < 1.29 is 26.7 Å². The van der Waals surface area contributed by atoms with Crippen LogP contribution >= 0.6 is 22.6 Å². The second-order valence-electron chi connectivity index (χ2n) is 9.11. The number of phenols is 1. The molecule has 0 amide bonds. The van der Waals surface area contributed by atoms with E-state index in [-0.39, 0.29) is 30.2 Å². The van der Waals surface area contributed by atoms with Crippen molar-refractivity contribution in [3.05, 3.63) is 81.2 Å². The zero-order valence-corrected chi connectivity index (χ0v) is 23.3. The van der Waals surface area contributed by atoms with Crippen LogP contribution in [0.5, 0.6) is 5.75 Å². The molecule has 12 heteroatoms. The van der Waals surface area contributed by atoms with E-state index >= 15 is 0 Å². The summed E-state index contributed by atoms with van der Waals surface area (Å²) in [6.45, 7) is 2.02. The van der Waals surface area contributed by atoms with Gasteiger partial charge < -0.3 is 15.7 Å². The zero-order valence-electron chi connectivity index (χ0n) is 20.4. The molecule has 0 spiro atoms. The summed E-state index contributed by atoms with van der Waals surface area (Å²) in [5.74, 6) is -2.63. The Morgan fingerprint density at radius 2 is 1.63 bits per heavy atom. The number of aromatic hydroxyl groups is 1. The number of nitrogens with one attached hydrogen (secondary N) is 3. The second kappa shape index (κ2) is 12.5. The summed E-state index contributed by atoms with van der Waals surface area (Å²) >= 11 is 1.92. The quantitative estimate of drug-likeness (QED) is 0.165. The maximum atomic E-state index is 14.7. The average molecular weight is 660 g/mol. The molecule has 4 N–H and O–H groups in total. The molecule has 204 valence electrons. The van der Waals surface area contributed by atoms with Crippen LogP contribution in [-0.4, -0.2) is 37.5 Å². The van der Waals surface area contributed by atoms with Crippen molar-refractivity contribution in [3.63, 3.8) is 0 Å². The Labute approximate surface area is 233 Å². The van der Waals surface area contributed by atoms with E-state index in [0.717, 1.165) is 30.7 Å². The van der Waals surface area contributed by atoms with Gasteiger partial charge in [0.1, 0.15) is 17.3 Å². The molecule has 0 radical (unpaired) electrons. The van der Waals surface area contributed by atoms with Gasteiger partial charge in [-0.05, 0) is 102 Å². The zero-order chi connectivity index (χ0) is 27.3. The van der Waals surface area contributed by atoms with Gasteiger partial charge in [-0.2, -0.15) is 12.7 Å². The third-order valence-electron chi connectivity index (χ3n) is 6.43. The van der Waals surface area contributed by atoms with Crippen LogP contribution < -0.4 is 15.4 Å². The van der Waals surface area contributed by atoms with Gasteiger partial charge in [0.05, 0.1) is 11.4 Å². The number of hydrogen-bond acceptors (Lipinski definition) is 5. The van der Waals surface area contributed by atoms with Crippen molar-refractivity contribution in [2.75, 3.05) is 29.7 Å². The van der Waals surface area contributed by atoms with Gasteiger partial charge in [0.25, 0.3) is 0 Å². The highest BCUT2D eigenvalue weighted by atomic mass is 127. The highest BCUT2D eigenvalue weighted by Gasteiger charge is 2.29. The Kier molecular flexibility index (Phi) is 9.39. The minimum Gasteiger partial charge on any atom is -0.508 e. The number of piperidine rings is 1. The molecule has 0 atom stereocenters. The summed E-state index contributed by atoms with van der Waals surface area (Å²) in [6, 6.07) is 13.1. The Morgan fingerprint density at radius 1 is 0.947 bits per heavy atom. The van der Waals surface area contributed by atoms with Crippen molar-refractivity contribution in [1.29, 1.82) is 0 Å². The van der Waals surface area contributed by atoms with E-state index in [9.17, 15) is 26.7 Å². The number of hydrogen-bond donors (Lipinski definition) is 4. The molecule has 1 fully saturated rings. The van der Waals surface area contributed by atoms with Crippen molar-refractivity contribution in [2.24, 2.45) is 5.92 Å². The number of nitrogens with zero attached hydrogens (tertiary/aromatic N) is 1. The number of phenolic OH excluding ortho intramolecular Hbond substituents is 1. The maximum absolute atomic E-state index is 14.7. The first kappa shape index (κ1) is 28.5. The summed E-state index contributed by atoms with van der Waals surface area (Å²) in [7, 11) is -4.06. The van der Waals surface area contributed by atoms with Crippen LogP contribution in [0.4, 0.5) is 30.2 Å². The standard InChI is InChI=1S/C26H28F3IN4O3S/c27-21-6-8-24(26(25(21)29)32-23-7-3-19(30)15-22(23)28)33-38(36,37)34-13-10-17(11-14-34)9-12-31-16-18-1-4-20(35)5-2-18/h1-8,15,17,31-33,35H,9-14,16H2. The van der Waals surface area contributed by atoms with Crippen LogP contribution in [-0.2, 0) is 16.8 Å². The van der Waals surface area contributed by atoms with Crippen LogP contribution in [0.2, 0.25) is 0 Å². The monoisotopic (exact) mass is 660 g/mol. The number of rotatable bonds is 10. The Bertz CT molecular complexity index is 1370. The molecule has 1 saturated heterocycles. The molecule has 1 aliphatic rings. The number of halogens is 4. The van der Waals surface area contributed by atoms with Gasteiger partial charge in [-0.25, -0.2) is 13.2 Å². The molecule has 0 unspecified atom stereocenters. The van der Waals surface area contributed by atoms with Crippen LogP contribution in [0.15, 0.2) is 54.6 Å². The van der Waals surface area contributed by atoms with E-state index in [1.54, 1.807) is 18.2 Å². The minimum atomic E-state index is -4.06. The molecule has 3 aromatic carbocycles. The fourth-order valence-corrected chi connectivity index (χ4v) is 6.00. The molecule has 7 nitrogen and oxygen atoms in total. The molecule has 0 aromatic heterocycles. The fraction of sp³-hybridized carbons (Fsp3) is 0.308. The van der Waals surface area contributed by atoms with Crippen molar-refractivity contribution in [1.82, 2.24) is 9.62 Å². The predicted octanol–water partition coefficient (Wildman–Crippen LogP) is 5.71. The molecule has 38 heavy (non-hydrogen) atoms. The summed E-state index contributed by atoms with van der Waals surface area (Å²) in [6.07, 6.45) is 2.22. The minimum absolute atomic E-state index is 0.116. The van der Waals surface area contributed by atoms with E-state index in [4.69, 9.17) is 0 Å². The Hall–Kier alpha value is -2.55. The van der Waals surface area contributed by atoms with Crippen molar-refractivity contribution in [3.8, 4) is 5.75 Å². The molecule has 1 aliphatic heterocycles. The van der Waals surface area contributed by atoms with Crippen LogP contribution in [0.3, 0.4) is 0 Å². The van der Waals surface area contributed by atoms with Crippen molar-refractivity contribution in [2.45, 2.75) is 25.8 Å². The molecule has 1 heterocycles. The normalized spacial score (nSPS) is 14.9. The van der Waals surface area contributed by atoms with Crippen LogP contribution in [0, 0.1) is 26.9 Å². The first-order chi connectivity index (χ1) is 18.1. The predicted molar refractivity (Wildman–Crippen MR) is 150 cm³/mol. The highest BCUT2D eigenvalue weighted by Crippen LogP contribution is 2.33. The first-order valence-corrected chi connectivity index (χ1v) is 14.6. The van der Waals surface area contributed by atoms with E-state index in [0.29, 0.717) is 28.9 Å². The molecule has 3 aromatic rings. The Balaban J connectivity index is 1.34. The third-order valence-corrected chi connectivity index (χ3v) is 8.63. The molecule has 0 aliphatic carbocycles. The molecular weight excluding hydrogens is 632 g/mol. The maximum Gasteiger partial charge on any atom is 0.301 e.